The van der Waals surface area contributed by atoms with E-state index in [1.165, 1.54) is 0 Å². The molecule has 1 saturated heterocycles. The molecule has 0 radical (unpaired) electrons. The molecular formula is C24H24N4O2. The number of likely N-dealkylation sites (tertiary alicyclic amines) is 1. The van der Waals surface area contributed by atoms with Gasteiger partial charge in [0, 0.05) is 47.7 Å². The van der Waals surface area contributed by atoms with Gasteiger partial charge in [0.15, 0.2) is 0 Å². The van der Waals surface area contributed by atoms with E-state index in [9.17, 15) is 9.59 Å². The van der Waals surface area contributed by atoms with Crippen molar-refractivity contribution in [1.29, 1.82) is 0 Å². The fourth-order valence-electron chi connectivity index (χ4n) is 3.89. The second kappa shape index (κ2) is 8.86. The third-order valence-electron chi connectivity index (χ3n) is 5.46. The molecule has 1 aromatic carbocycles. The number of hydrogen-bond acceptors (Lipinski definition) is 4. The number of nitrogens with zero attached hydrogens (tertiary/aromatic N) is 3. The first kappa shape index (κ1) is 19.8. The molecule has 0 bridgehead atoms. The number of nitrogens with two attached hydrogens (primary N) is 1. The third kappa shape index (κ3) is 4.54. The zero-order valence-electron chi connectivity index (χ0n) is 16.7. The first-order valence-electron chi connectivity index (χ1n) is 10.1. The van der Waals surface area contributed by atoms with Crippen LogP contribution in [-0.2, 0) is 11.2 Å². The summed E-state index contributed by atoms with van der Waals surface area (Å²) in [7, 11) is 0. The molecule has 2 N–H and O–H groups in total. The molecule has 1 aliphatic heterocycles. The topological polar surface area (TPSA) is 89.2 Å². The number of piperidine rings is 1. The predicted molar refractivity (Wildman–Crippen MR) is 115 cm³/mol. The number of benzene rings is 1. The molecule has 1 atom stereocenters. The number of primary amides is 1. The summed E-state index contributed by atoms with van der Waals surface area (Å²) in [6, 6.07) is 18.7. The number of aromatic nitrogens is 2. The summed E-state index contributed by atoms with van der Waals surface area (Å²) in [5, 5.41) is 0. The highest BCUT2D eigenvalue weighted by Gasteiger charge is 2.26. The number of amides is 2. The van der Waals surface area contributed by atoms with Crippen molar-refractivity contribution in [3.05, 3.63) is 83.8 Å². The molecular weight excluding hydrogens is 376 g/mol. The maximum atomic E-state index is 12.8. The van der Waals surface area contributed by atoms with Crippen LogP contribution in [0.1, 0.15) is 40.5 Å². The summed E-state index contributed by atoms with van der Waals surface area (Å²) in [4.78, 5) is 35.3. The van der Waals surface area contributed by atoms with E-state index >= 15 is 0 Å². The van der Waals surface area contributed by atoms with Crippen LogP contribution < -0.4 is 5.73 Å². The lowest BCUT2D eigenvalue weighted by Gasteiger charge is -2.32. The van der Waals surface area contributed by atoms with Crippen molar-refractivity contribution in [2.24, 2.45) is 5.73 Å². The summed E-state index contributed by atoms with van der Waals surface area (Å²) in [5.41, 5.74) is 9.28. The lowest BCUT2D eigenvalue weighted by Crippen LogP contribution is -2.40. The van der Waals surface area contributed by atoms with Crippen LogP contribution in [0.5, 0.6) is 0 Å². The van der Waals surface area contributed by atoms with Crippen LogP contribution in [0.15, 0.2) is 66.9 Å². The molecule has 3 aromatic rings. The molecule has 6 nitrogen and oxygen atoms in total. The number of carbonyl (C=O) groups excluding carboxylic acids is 2. The van der Waals surface area contributed by atoms with Crippen LogP contribution in [0.3, 0.4) is 0 Å². The lowest BCUT2D eigenvalue weighted by molar-refractivity contribution is -0.131. The summed E-state index contributed by atoms with van der Waals surface area (Å²) in [6.07, 6.45) is 3.97. The second-order valence-corrected chi connectivity index (χ2v) is 7.57. The Morgan fingerprint density at radius 3 is 2.73 bits per heavy atom. The first-order valence-corrected chi connectivity index (χ1v) is 10.1. The van der Waals surface area contributed by atoms with Crippen molar-refractivity contribution in [1.82, 2.24) is 14.9 Å². The smallest absolute Gasteiger partial charge is 0.248 e. The summed E-state index contributed by atoms with van der Waals surface area (Å²) >= 11 is 0. The normalized spacial score (nSPS) is 16.3. The van der Waals surface area contributed by atoms with Crippen LogP contribution in [0, 0.1) is 0 Å². The third-order valence-corrected chi connectivity index (χ3v) is 5.46. The highest BCUT2D eigenvalue weighted by atomic mass is 16.2. The van der Waals surface area contributed by atoms with Gasteiger partial charge in [0.05, 0.1) is 12.1 Å². The molecule has 30 heavy (non-hydrogen) atoms. The van der Waals surface area contributed by atoms with Gasteiger partial charge in [-0.15, -0.1) is 0 Å². The zero-order valence-corrected chi connectivity index (χ0v) is 16.7. The van der Waals surface area contributed by atoms with E-state index in [1.54, 1.807) is 18.3 Å². The second-order valence-electron chi connectivity index (χ2n) is 7.57. The van der Waals surface area contributed by atoms with Crippen LogP contribution in [0.2, 0.25) is 0 Å². The van der Waals surface area contributed by atoms with Crippen molar-refractivity contribution in [2.45, 2.75) is 25.2 Å². The maximum Gasteiger partial charge on any atom is 0.248 e. The standard InChI is InChI=1S/C24H24N4O2/c25-24(30)18-7-3-6-17(14-18)21-10-4-11-22(27-21)19-8-5-13-28(16-19)23(29)15-20-9-1-2-12-26-20/h1-4,6-7,9-12,14,19H,5,8,13,15-16H2,(H2,25,30). The maximum absolute atomic E-state index is 12.8. The van der Waals surface area contributed by atoms with Crippen LogP contribution in [0.4, 0.5) is 0 Å². The minimum Gasteiger partial charge on any atom is -0.366 e. The molecule has 0 aliphatic carbocycles. The van der Waals surface area contributed by atoms with E-state index in [2.05, 4.69) is 4.98 Å². The van der Waals surface area contributed by atoms with Crippen LogP contribution in [0.25, 0.3) is 11.3 Å². The van der Waals surface area contributed by atoms with Crippen LogP contribution in [-0.4, -0.2) is 39.8 Å². The van der Waals surface area contributed by atoms with Gasteiger partial charge in [0.1, 0.15) is 0 Å². The van der Waals surface area contributed by atoms with Gasteiger partial charge < -0.3 is 10.6 Å². The average Bonchev–Trinajstić information content (AvgIpc) is 2.80. The number of pyridine rings is 2. The molecule has 4 rings (SSSR count). The molecule has 1 aliphatic rings. The highest BCUT2D eigenvalue weighted by Crippen LogP contribution is 2.28. The summed E-state index contributed by atoms with van der Waals surface area (Å²) in [5.74, 6) is -0.170. The highest BCUT2D eigenvalue weighted by molar-refractivity contribution is 5.94. The Kier molecular flexibility index (Phi) is 5.84. The van der Waals surface area contributed by atoms with E-state index in [4.69, 9.17) is 10.7 Å². The molecule has 1 unspecified atom stereocenters. The molecule has 3 heterocycles. The lowest BCUT2D eigenvalue weighted by atomic mass is 9.93. The Labute approximate surface area is 175 Å². The van der Waals surface area contributed by atoms with Crippen molar-refractivity contribution in [3.8, 4) is 11.3 Å². The number of carbonyl (C=O) groups is 2. The summed E-state index contributed by atoms with van der Waals surface area (Å²) in [6.45, 7) is 1.42. The SMILES string of the molecule is NC(=O)c1cccc(-c2cccc(C3CCCN(C(=O)Cc4ccccn4)C3)n2)c1. The molecule has 2 aromatic heterocycles. The summed E-state index contributed by atoms with van der Waals surface area (Å²) < 4.78 is 0. The Bertz CT molecular complexity index is 1050. The fourth-order valence-corrected chi connectivity index (χ4v) is 3.89. The van der Waals surface area contributed by atoms with E-state index in [0.717, 1.165) is 42.0 Å². The Morgan fingerprint density at radius 1 is 1.07 bits per heavy atom. The van der Waals surface area contributed by atoms with Gasteiger partial charge in [-0.25, -0.2) is 0 Å². The first-order chi connectivity index (χ1) is 14.6. The molecule has 152 valence electrons. The Balaban J connectivity index is 1.50. The van der Waals surface area contributed by atoms with Crippen molar-refractivity contribution >= 4 is 11.8 Å². The van der Waals surface area contributed by atoms with Gasteiger partial charge in [0.2, 0.25) is 11.8 Å². The molecule has 1 fully saturated rings. The van der Waals surface area contributed by atoms with E-state index in [1.807, 2.05) is 53.4 Å². The number of rotatable bonds is 5. The molecule has 2 amide bonds. The largest absolute Gasteiger partial charge is 0.366 e. The monoisotopic (exact) mass is 400 g/mol. The van der Waals surface area contributed by atoms with Gasteiger partial charge in [0.25, 0.3) is 0 Å². The van der Waals surface area contributed by atoms with Gasteiger partial charge in [-0.3, -0.25) is 19.6 Å². The quantitative estimate of drug-likeness (QED) is 0.712. The van der Waals surface area contributed by atoms with E-state index in [-0.39, 0.29) is 11.8 Å². The van der Waals surface area contributed by atoms with Crippen molar-refractivity contribution < 1.29 is 9.59 Å². The minimum absolute atomic E-state index is 0.101. The van der Waals surface area contributed by atoms with Crippen molar-refractivity contribution in [2.75, 3.05) is 13.1 Å². The van der Waals surface area contributed by atoms with Gasteiger partial charge in [-0.05, 0) is 49.2 Å². The Morgan fingerprint density at radius 2 is 1.93 bits per heavy atom. The predicted octanol–water partition coefficient (Wildman–Crippen LogP) is 3.19. The van der Waals surface area contributed by atoms with E-state index in [0.29, 0.717) is 18.5 Å². The van der Waals surface area contributed by atoms with Gasteiger partial charge in [-0.2, -0.15) is 0 Å². The molecule has 0 saturated carbocycles. The fraction of sp³-hybridized carbons (Fsp3) is 0.250. The zero-order chi connectivity index (χ0) is 20.9. The van der Waals surface area contributed by atoms with E-state index < -0.39 is 5.91 Å². The van der Waals surface area contributed by atoms with Crippen LogP contribution >= 0.6 is 0 Å². The average molecular weight is 400 g/mol. The Hall–Kier alpha value is -3.54. The van der Waals surface area contributed by atoms with Gasteiger partial charge in [-0.1, -0.05) is 24.3 Å². The van der Waals surface area contributed by atoms with Crippen molar-refractivity contribution in [3.63, 3.8) is 0 Å². The minimum atomic E-state index is -0.456. The number of hydrogen-bond donors (Lipinski definition) is 1. The van der Waals surface area contributed by atoms with Gasteiger partial charge >= 0.3 is 0 Å². The molecule has 0 spiro atoms. The molecule has 6 heteroatoms.